The van der Waals surface area contributed by atoms with Gasteiger partial charge in [-0.15, -0.1) is 0 Å². The molecular weight excluding hydrogens is 773 g/mol. The lowest BCUT2D eigenvalue weighted by Crippen LogP contribution is -2.18. The smallest absolute Gasteiger partial charge is 0.0459 e. The van der Waals surface area contributed by atoms with Gasteiger partial charge in [0.1, 0.15) is 0 Å². The lowest BCUT2D eigenvalue weighted by molar-refractivity contribution is 1.01. The van der Waals surface area contributed by atoms with Gasteiger partial charge in [0.05, 0.1) is 0 Å². The van der Waals surface area contributed by atoms with E-state index in [2.05, 4.69) is 268 Å². The summed E-state index contributed by atoms with van der Waals surface area (Å²) in [5, 5.41) is 6.14. The van der Waals surface area contributed by atoms with E-state index in [0.717, 1.165) is 40.1 Å². The average Bonchev–Trinajstić information content (AvgIpc) is 3.35. The molecule has 0 saturated heterocycles. The normalized spacial score (nSPS) is 11.7. The van der Waals surface area contributed by atoms with E-state index in [1.165, 1.54) is 66.7 Å². The molecule has 9 aromatic rings. The van der Waals surface area contributed by atoms with Gasteiger partial charge in [0.15, 0.2) is 0 Å². The molecule has 1 N–H and O–H groups in total. The summed E-state index contributed by atoms with van der Waals surface area (Å²) in [6.45, 7) is 7.54. The van der Waals surface area contributed by atoms with Crippen molar-refractivity contribution in [3.8, 4) is 44.5 Å². The van der Waals surface area contributed by atoms with Crippen molar-refractivity contribution < 1.29 is 0 Å². The summed E-state index contributed by atoms with van der Waals surface area (Å²) in [5.74, 6) is 0. The fourth-order valence-corrected chi connectivity index (χ4v) is 8.74. The van der Waals surface area contributed by atoms with E-state index in [0.29, 0.717) is 0 Å². The molecule has 310 valence electrons. The lowest BCUT2D eigenvalue weighted by Gasteiger charge is -2.28. The number of benzene rings is 9. The zero-order valence-corrected chi connectivity index (χ0v) is 36.7. The zero-order valence-electron chi connectivity index (χ0n) is 36.7. The number of allylic oxidation sites excluding steroid dienone is 4. The van der Waals surface area contributed by atoms with Crippen LogP contribution in [-0.4, -0.2) is 6.54 Å². The summed E-state index contributed by atoms with van der Waals surface area (Å²) < 4.78 is 0. The first-order valence-electron chi connectivity index (χ1n) is 22.2. The van der Waals surface area contributed by atoms with Gasteiger partial charge in [-0.3, -0.25) is 0 Å². The Hall–Kier alpha value is -7.94. The van der Waals surface area contributed by atoms with Crippen LogP contribution in [0.5, 0.6) is 0 Å². The molecule has 0 heterocycles. The first kappa shape index (κ1) is 41.4. The van der Waals surface area contributed by atoms with Crippen LogP contribution in [0.3, 0.4) is 0 Å². The number of anilines is 3. The van der Waals surface area contributed by atoms with Crippen LogP contribution in [0.1, 0.15) is 29.2 Å². The molecule has 0 aliphatic heterocycles. The Labute approximate surface area is 378 Å². The molecule has 2 heteroatoms. The van der Waals surface area contributed by atoms with E-state index in [1.807, 2.05) is 6.20 Å². The molecule has 0 fully saturated rings. The second-order valence-corrected chi connectivity index (χ2v) is 16.2. The number of hydrogen-bond acceptors (Lipinski definition) is 2. The Morgan fingerprint density at radius 2 is 1.09 bits per heavy atom. The zero-order chi connectivity index (χ0) is 43.7. The van der Waals surface area contributed by atoms with Crippen LogP contribution in [0.15, 0.2) is 237 Å². The van der Waals surface area contributed by atoms with Crippen molar-refractivity contribution in [1.29, 1.82) is 0 Å². The Balaban J connectivity index is 0.915. The predicted octanol–water partition coefficient (Wildman–Crippen LogP) is 17.0. The third-order valence-electron chi connectivity index (χ3n) is 12.1. The van der Waals surface area contributed by atoms with Crippen molar-refractivity contribution in [2.45, 2.75) is 20.8 Å². The molecule has 9 rings (SSSR count). The van der Waals surface area contributed by atoms with Gasteiger partial charge in [0.2, 0.25) is 0 Å². The minimum Gasteiger partial charge on any atom is -0.361 e. The quantitative estimate of drug-likeness (QED) is 0.117. The van der Waals surface area contributed by atoms with Crippen molar-refractivity contribution >= 4 is 39.5 Å². The number of rotatable bonds is 13. The van der Waals surface area contributed by atoms with E-state index in [1.54, 1.807) is 0 Å². The highest BCUT2D eigenvalue weighted by Gasteiger charge is 2.16. The Morgan fingerprint density at radius 3 is 1.89 bits per heavy atom. The maximum absolute atomic E-state index is 3.60. The van der Waals surface area contributed by atoms with Gasteiger partial charge in [0.25, 0.3) is 0 Å². The van der Waals surface area contributed by atoms with Crippen molar-refractivity contribution in [3.63, 3.8) is 0 Å². The van der Waals surface area contributed by atoms with Gasteiger partial charge >= 0.3 is 0 Å². The van der Waals surface area contributed by atoms with E-state index in [-0.39, 0.29) is 0 Å². The van der Waals surface area contributed by atoms with Crippen molar-refractivity contribution in [1.82, 2.24) is 0 Å². The van der Waals surface area contributed by atoms with Crippen molar-refractivity contribution in [2.75, 3.05) is 16.8 Å². The highest BCUT2D eigenvalue weighted by atomic mass is 15.1. The Kier molecular flexibility index (Phi) is 12.6. The van der Waals surface area contributed by atoms with Gasteiger partial charge < -0.3 is 10.2 Å². The molecule has 0 aliphatic rings. The van der Waals surface area contributed by atoms with Crippen LogP contribution in [-0.2, 0) is 0 Å². The molecule has 2 nitrogen and oxygen atoms in total. The second-order valence-electron chi connectivity index (χ2n) is 16.2. The summed E-state index contributed by atoms with van der Waals surface area (Å²) in [4.78, 5) is 2.42. The molecule has 0 aliphatic carbocycles. The van der Waals surface area contributed by atoms with Gasteiger partial charge in [-0.2, -0.15) is 0 Å². The predicted molar refractivity (Wildman–Crippen MR) is 277 cm³/mol. The fraction of sp³-hybridized carbons (Fsp3) is 0.0645. The van der Waals surface area contributed by atoms with Crippen LogP contribution in [0.25, 0.3) is 66.9 Å². The van der Waals surface area contributed by atoms with Gasteiger partial charge in [0, 0.05) is 35.4 Å². The van der Waals surface area contributed by atoms with Crippen molar-refractivity contribution in [3.05, 3.63) is 259 Å². The van der Waals surface area contributed by atoms with E-state index in [4.69, 9.17) is 0 Å². The Bertz CT molecular complexity index is 3110. The molecule has 0 saturated carbocycles. The van der Waals surface area contributed by atoms with Crippen molar-refractivity contribution in [2.24, 2.45) is 0 Å². The molecule has 0 aromatic heterocycles. The van der Waals surface area contributed by atoms with E-state index in [9.17, 15) is 0 Å². The maximum atomic E-state index is 3.60. The van der Waals surface area contributed by atoms with E-state index < -0.39 is 0 Å². The molecule has 9 aromatic carbocycles. The fourth-order valence-electron chi connectivity index (χ4n) is 8.74. The molecule has 0 bridgehead atoms. The molecule has 0 atom stereocenters. The van der Waals surface area contributed by atoms with Gasteiger partial charge in [-0.05, 0) is 129 Å². The molecule has 0 radical (unpaired) electrons. The molecular formula is C62H52N2. The van der Waals surface area contributed by atoms with Gasteiger partial charge in [-0.1, -0.05) is 206 Å². The standard InChI is InChI=1S/C62H52N2/c1-4-64(61-31-13-8-18-45(61)2)62-32-16-28-56(46(62)3)54-23-14-24-55(44-54)59-27-11-12-30-60(59)63-43-17-25-49(48-19-6-5-7-20-48)36-33-47-34-37-50(38-35-47)51-39-41-53(42-40-51)58-29-15-22-52-21-9-10-26-57(52)58/h5-44,63H,4H2,1-3H3/b36-33-,43-17+,49-25+. The van der Waals surface area contributed by atoms with Crippen LogP contribution in [0.4, 0.5) is 17.1 Å². The van der Waals surface area contributed by atoms with Gasteiger partial charge in [-0.25, -0.2) is 0 Å². The highest BCUT2D eigenvalue weighted by Crippen LogP contribution is 2.38. The summed E-state index contributed by atoms with van der Waals surface area (Å²) >= 11 is 0. The summed E-state index contributed by atoms with van der Waals surface area (Å²) in [5.41, 5.74) is 19.1. The van der Waals surface area contributed by atoms with E-state index >= 15 is 0 Å². The lowest BCUT2D eigenvalue weighted by atomic mass is 9.94. The first-order chi connectivity index (χ1) is 31.5. The number of nitrogens with one attached hydrogen (secondary N) is 1. The van der Waals surface area contributed by atoms with Crippen LogP contribution in [0.2, 0.25) is 0 Å². The number of nitrogens with zero attached hydrogens (tertiary/aromatic N) is 1. The minimum atomic E-state index is 0.887. The number of fused-ring (bicyclic) bond motifs is 1. The summed E-state index contributed by atoms with van der Waals surface area (Å²) in [6.07, 6.45) is 10.7. The van der Waals surface area contributed by atoms with Crippen LogP contribution < -0.4 is 10.2 Å². The molecule has 0 amide bonds. The molecule has 0 spiro atoms. The summed E-state index contributed by atoms with van der Waals surface area (Å²) in [6, 6.07) is 76.1. The van der Waals surface area contributed by atoms with Crippen LogP contribution >= 0.6 is 0 Å². The average molecular weight is 825 g/mol. The Morgan fingerprint density at radius 1 is 0.500 bits per heavy atom. The minimum absolute atomic E-state index is 0.887. The first-order valence-corrected chi connectivity index (χ1v) is 22.2. The third-order valence-corrected chi connectivity index (χ3v) is 12.1. The topological polar surface area (TPSA) is 15.3 Å². The van der Waals surface area contributed by atoms with Crippen LogP contribution in [0, 0.1) is 13.8 Å². The largest absolute Gasteiger partial charge is 0.361 e. The summed E-state index contributed by atoms with van der Waals surface area (Å²) in [7, 11) is 0. The number of para-hydroxylation sites is 2. The molecule has 0 unspecified atom stereocenters. The number of hydrogen-bond donors (Lipinski definition) is 1. The SMILES string of the molecule is CCN(c1ccccc1C)c1cccc(-c2cccc(-c3ccccc3N/C=C/C=C(\C=C/c3ccc(-c4ccc(-c5cccc6ccccc56)cc4)cc3)c3ccccc3)c2)c1C. The monoisotopic (exact) mass is 824 g/mol. The number of aryl methyl sites for hydroxylation is 1. The maximum Gasteiger partial charge on any atom is 0.0459 e. The molecule has 64 heavy (non-hydrogen) atoms. The second kappa shape index (κ2) is 19.4. The highest BCUT2D eigenvalue weighted by molar-refractivity contribution is 5.97. The third kappa shape index (κ3) is 9.14.